The van der Waals surface area contributed by atoms with Gasteiger partial charge in [-0.3, -0.25) is 0 Å². The maximum Gasteiger partial charge on any atom is 0.119 e. The quantitative estimate of drug-likeness (QED) is 0.917. The molecule has 3 rings (SSSR count). The number of rotatable bonds is 4. The highest BCUT2D eigenvalue weighted by molar-refractivity contribution is 5.62. The van der Waals surface area contributed by atoms with Gasteiger partial charge in [0, 0.05) is 30.2 Å². The highest BCUT2D eigenvalue weighted by Gasteiger charge is 2.49. The highest BCUT2D eigenvalue weighted by Crippen LogP contribution is 2.54. The molecule has 0 bridgehead atoms. The summed E-state index contributed by atoms with van der Waals surface area (Å²) in [5.41, 5.74) is 9.28. The van der Waals surface area contributed by atoms with Gasteiger partial charge in [0.1, 0.15) is 5.75 Å². The summed E-state index contributed by atoms with van der Waals surface area (Å²) < 4.78 is 5.44. The van der Waals surface area contributed by atoms with Crippen molar-refractivity contribution < 1.29 is 4.74 Å². The molecule has 1 unspecified atom stereocenters. The van der Waals surface area contributed by atoms with Crippen molar-refractivity contribution in [1.82, 2.24) is 0 Å². The molecule has 2 N–H and O–H groups in total. The van der Waals surface area contributed by atoms with E-state index >= 15 is 0 Å². The lowest BCUT2D eigenvalue weighted by Crippen LogP contribution is -2.36. The van der Waals surface area contributed by atoms with Gasteiger partial charge >= 0.3 is 0 Å². The number of anilines is 1. The molecule has 0 spiro atoms. The molecule has 2 fully saturated rings. The van der Waals surface area contributed by atoms with Crippen LogP contribution < -0.4 is 15.4 Å². The number of methoxy groups -OCH3 is 1. The van der Waals surface area contributed by atoms with Crippen LogP contribution in [-0.2, 0) is 5.41 Å². The molecule has 1 heterocycles. The molecule has 3 heteroatoms. The first-order chi connectivity index (χ1) is 9.67. The summed E-state index contributed by atoms with van der Waals surface area (Å²) in [5.74, 6) is 0.952. The Kier molecular flexibility index (Phi) is 3.63. The topological polar surface area (TPSA) is 38.5 Å². The fourth-order valence-corrected chi connectivity index (χ4v) is 3.56. The highest BCUT2D eigenvalue weighted by atomic mass is 16.5. The monoisotopic (exact) mass is 274 g/mol. The van der Waals surface area contributed by atoms with Crippen LogP contribution in [0.4, 0.5) is 5.69 Å². The van der Waals surface area contributed by atoms with Crippen molar-refractivity contribution in [3.8, 4) is 5.75 Å². The number of nitrogens with two attached hydrogens (primary N) is 1. The number of benzene rings is 1. The molecular weight excluding hydrogens is 248 g/mol. The number of piperidine rings is 1. The number of ether oxygens (including phenoxy) is 1. The summed E-state index contributed by atoms with van der Waals surface area (Å²) in [6, 6.07) is 6.76. The summed E-state index contributed by atoms with van der Waals surface area (Å²) in [7, 11) is 1.74. The Bertz CT molecular complexity index is 474. The molecule has 110 valence electrons. The Hall–Kier alpha value is -1.22. The van der Waals surface area contributed by atoms with Crippen molar-refractivity contribution in [3.63, 3.8) is 0 Å². The predicted molar refractivity (Wildman–Crippen MR) is 83.6 cm³/mol. The zero-order chi connectivity index (χ0) is 14.2. The van der Waals surface area contributed by atoms with Crippen molar-refractivity contribution in [2.24, 2.45) is 5.73 Å². The summed E-state index contributed by atoms with van der Waals surface area (Å²) in [6.07, 6.45) is 6.38. The third-order valence-corrected chi connectivity index (χ3v) is 5.10. The van der Waals surface area contributed by atoms with E-state index in [-0.39, 0.29) is 11.5 Å². The second-order valence-corrected chi connectivity index (χ2v) is 6.38. The fraction of sp³-hybridized carbons (Fsp3) is 0.647. The third-order valence-electron chi connectivity index (χ3n) is 5.10. The predicted octanol–water partition coefficient (Wildman–Crippen LogP) is 3.06. The largest absolute Gasteiger partial charge is 0.497 e. The fourth-order valence-electron chi connectivity index (χ4n) is 3.56. The Labute approximate surface area is 122 Å². The lowest BCUT2D eigenvalue weighted by atomic mass is 9.87. The number of hydrogen-bond acceptors (Lipinski definition) is 3. The van der Waals surface area contributed by atoms with Crippen LogP contribution in [0.3, 0.4) is 0 Å². The molecule has 1 saturated carbocycles. The van der Waals surface area contributed by atoms with Gasteiger partial charge in [-0.25, -0.2) is 0 Å². The van der Waals surface area contributed by atoms with E-state index in [4.69, 9.17) is 10.5 Å². The molecule has 0 aromatic heterocycles. The van der Waals surface area contributed by atoms with Crippen molar-refractivity contribution in [2.45, 2.75) is 50.5 Å². The minimum atomic E-state index is 0.182. The smallest absolute Gasteiger partial charge is 0.119 e. The first-order valence-electron chi connectivity index (χ1n) is 7.86. The molecule has 0 amide bonds. The zero-order valence-corrected chi connectivity index (χ0v) is 12.7. The van der Waals surface area contributed by atoms with Gasteiger partial charge in [-0.15, -0.1) is 0 Å². The van der Waals surface area contributed by atoms with Crippen LogP contribution in [0.1, 0.15) is 44.6 Å². The van der Waals surface area contributed by atoms with Gasteiger partial charge in [0.05, 0.1) is 7.11 Å². The first kappa shape index (κ1) is 13.7. The van der Waals surface area contributed by atoms with Gasteiger partial charge in [0.15, 0.2) is 0 Å². The molecule has 1 aromatic carbocycles. The number of hydrogen-bond donors (Lipinski definition) is 1. The number of nitrogens with zero attached hydrogens (tertiary/aromatic N) is 1. The molecule has 20 heavy (non-hydrogen) atoms. The first-order valence-corrected chi connectivity index (χ1v) is 7.86. The van der Waals surface area contributed by atoms with E-state index in [2.05, 4.69) is 30.0 Å². The maximum atomic E-state index is 6.30. The Balaban J connectivity index is 2.00. The Morgan fingerprint density at radius 2 is 1.90 bits per heavy atom. The SMILES string of the molecule is COc1ccc(N2CCCCC2)c(C2(C(C)N)CC2)c1. The Morgan fingerprint density at radius 1 is 1.20 bits per heavy atom. The van der Waals surface area contributed by atoms with Gasteiger partial charge in [-0.2, -0.15) is 0 Å². The summed E-state index contributed by atoms with van der Waals surface area (Å²) in [4.78, 5) is 2.54. The van der Waals surface area contributed by atoms with Crippen LogP contribution in [0, 0.1) is 0 Å². The van der Waals surface area contributed by atoms with E-state index < -0.39 is 0 Å². The van der Waals surface area contributed by atoms with E-state index in [1.54, 1.807) is 7.11 Å². The third kappa shape index (κ3) is 2.28. The van der Waals surface area contributed by atoms with E-state index in [0.717, 1.165) is 5.75 Å². The minimum Gasteiger partial charge on any atom is -0.497 e. The summed E-state index contributed by atoms with van der Waals surface area (Å²) >= 11 is 0. The molecule has 1 aliphatic heterocycles. The summed E-state index contributed by atoms with van der Waals surface area (Å²) in [6.45, 7) is 4.50. The lowest BCUT2D eigenvalue weighted by Gasteiger charge is -2.34. The molecule has 0 radical (unpaired) electrons. The normalized spacial score (nSPS) is 22.4. The Morgan fingerprint density at radius 3 is 2.45 bits per heavy atom. The standard InChI is InChI=1S/C17H26N2O/c1-13(18)17(8-9-17)15-12-14(20-2)6-7-16(15)19-10-4-3-5-11-19/h6-7,12-13H,3-5,8-11,18H2,1-2H3. The second-order valence-electron chi connectivity index (χ2n) is 6.38. The average Bonchev–Trinajstić information content (AvgIpc) is 3.29. The zero-order valence-electron chi connectivity index (χ0n) is 12.7. The van der Waals surface area contributed by atoms with Gasteiger partial charge in [0.25, 0.3) is 0 Å². The van der Waals surface area contributed by atoms with Crippen LogP contribution in [-0.4, -0.2) is 26.2 Å². The van der Waals surface area contributed by atoms with Crippen LogP contribution >= 0.6 is 0 Å². The van der Waals surface area contributed by atoms with E-state index in [1.807, 2.05) is 0 Å². The van der Waals surface area contributed by atoms with Gasteiger partial charge in [-0.05, 0) is 62.8 Å². The maximum absolute atomic E-state index is 6.30. The molecular formula is C17H26N2O. The van der Waals surface area contributed by atoms with Crippen LogP contribution in [0.15, 0.2) is 18.2 Å². The molecule has 1 aliphatic carbocycles. The van der Waals surface area contributed by atoms with Crippen molar-refractivity contribution in [2.75, 3.05) is 25.1 Å². The molecule has 1 atom stereocenters. The minimum absolute atomic E-state index is 0.182. The van der Waals surface area contributed by atoms with Crippen molar-refractivity contribution in [3.05, 3.63) is 23.8 Å². The van der Waals surface area contributed by atoms with Crippen LogP contribution in [0.2, 0.25) is 0 Å². The molecule has 1 aromatic rings. The lowest BCUT2D eigenvalue weighted by molar-refractivity contribution is 0.412. The molecule has 3 nitrogen and oxygen atoms in total. The van der Waals surface area contributed by atoms with Crippen molar-refractivity contribution >= 4 is 5.69 Å². The van der Waals surface area contributed by atoms with Crippen LogP contribution in [0.5, 0.6) is 5.75 Å². The van der Waals surface area contributed by atoms with E-state index in [9.17, 15) is 0 Å². The van der Waals surface area contributed by atoms with Crippen LogP contribution in [0.25, 0.3) is 0 Å². The van der Waals surface area contributed by atoms with Crippen molar-refractivity contribution in [1.29, 1.82) is 0 Å². The van der Waals surface area contributed by atoms with Gasteiger partial charge < -0.3 is 15.4 Å². The van der Waals surface area contributed by atoms with Gasteiger partial charge in [0.2, 0.25) is 0 Å². The van der Waals surface area contributed by atoms with Gasteiger partial charge in [-0.1, -0.05) is 0 Å². The van der Waals surface area contributed by atoms with E-state index in [0.29, 0.717) is 0 Å². The summed E-state index contributed by atoms with van der Waals surface area (Å²) in [5, 5.41) is 0. The van der Waals surface area contributed by atoms with E-state index in [1.165, 1.54) is 56.4 Å². The molecule has 1 saturated heterocycles. The second kappa shape index (κ2) is 5.28. The average molecular weight is 274 g/mol. The molecule has 2 aliphatic rings.